The highest BCUT2D eigenvalue weighted by Crippen LogP contribution is 2.13. The maximum Gasteiger partial charge on any atom is 0.244 e. The fraction of sp³-hybridized carbons (Fsp3) is 0.833. The lowest BCUT2D eigenvalue weighted by Gasteiger charge is -2.36. The van der Waals surface area contributed by atoms with E-state index in [1.54, 1.807) is 11.9 Å². The summed E-state index contributed by atoms with van der Waals surface area (Å²) >= 11 is 0. The second-order valence-corrected chi connectivity index (χ2v) is 4.65. The zero-order valence-electron chi connectivity index (χ0n) is 11.3. The van der Waals surface area contributed by atoms with E-state index in [4.69, 9.17) is 10.5 Å². The maximum atomic E-state index is 12.3. The van der Waals surface area contributed by atoms with Crippen molar-refractivity contribution in [1.29, 1.82) is 0 Å². The van der Waals surface area contributed by atoms with Crippen molar-refractivity contribution >= 4 is 11.8 Å². The fourth-order valence-corrected chi connectivity index (χ4v) is 1.94. The second kappa shape index (κ2) is 6.70. The van der Waals surface area contributed by atoms with Gasteiger partial charge in [-0.2, -0.15) is 0 Å². The van der Waals surface area contributed by atoms with E-state index in [-0.39, 0.29) is 24.3 Å². The quantitative estimate of drug-likeness (QED) is 0.700. The van der Waals surface area contributed by atoms with E-state index in [2.05, 4.69) is 5.32 Å². The zero-order chi connectivity index (χ0) is 13.7. The second-order valence-electron chi connectivity index (χ2n) is 4.65. The molecule has 3 N–H and O–H groups in total. The molecule has 6 heteroatoms. The molecule has 1 rings (SSSR count). The maximum absolute atomic E-state index is 12.3. The lowest BCUT2D eigenvalue weighted by atomic mass is 9.98. The average molecular weight is 257 g/mol. The van der Waals surface area contributed by atoms with Crippen molar-refractivity contribution in [2.45, 2.75) is 32.4 Å². The summed E-state index contributed by atoms with van der Waals surface area (Å²) < 4.78 is 5.26. The van der Waals surface area contributed by atoms with Crippen LogP contribution in [0.5, 0.6) is 0 Å². The molecule has 1 saturated heterocycles. The Morgan fingerprint density at radius 2 is 2.22 bits per heavy atom. The topological polar surface area (TPSA) is 84.7 Å². The number of nitrogens with two attached hydrogens (primary N) is 1. The number of hydrogen-bond donors (Lipinski definition) is 2. The smallest absolute Gasteiger partial charge is 0.244 e. The van der Waals surface area contributed by atoms with Crippen molar-refractivity contribution in [2.75, 3.05) is 26.8 Å². The lowest BCUT2D eigenvalue weighted by Crippen LogP contribution is -2.59. The third-order valence-corrected chi connectivity index (χ3v) is 3.50. The van der Waals surface area contributed by atoms with Crippen LogP contribution in [0.1, 0.15) is 20.3 Å². The number of ether oxygens (including phenoxy) is 1. The molecule has 2 amide bonds. The van der Waals surface area contributed by atoms with Crippen LogP contribution < -0.4 is 11.1 Å². The van der Waals surface area contributed by atoms with E-state index in [9.17, 15) is 9.59 Å². The number of likely N-dealkylation sites (N-methyl/N-ethyl adjacent to an activating group) is 1. The molecule has 0 aromatic heterocycles. The van der Waals surface area contributed by atoms with Gasteiger partial charge < -0.3 is 20.7 Å². The van der Waals surface area contributed by atoms with Gasteiger partial charge >= 0.3 is 0 Å². The number of hydrogen-bond acceptors (Lipinski definition) is 4. The number of rotatable bonds is 4. The van der Waals surface area contributed by atoms with E-state index >= 15 is 0 Å². The van der Waals surface area contributed by atoms with Crippen LogP contribution in [-0.4, -0.2) is 55.6 Å². The predicted molar refractivity (Wildman–Crippen MR) is 67.8 cm³/mol. The van der Waals surface area contributed by atoms with Gasteiger partial charge in [-0.15, -0.1) is 0 Å². The van der Waals surface area contributed by atoms with E-state index in [1.807, 2.05) is 13.8 Å². The van der Waals surface area contributed by atoms with E-state index in [0.717, 1.165) is 6.42 Å². The van der Waals surface area contributed by atoms with Crippen molar-refractivity contribution < 1.29 is 14.3 Å². The Bertz CT molecular complexity index is 309. The first-order chi connectivity index (χ1) is 8.52. The van der Waals surface area contributed by atoms with Gasteiger partial charge in [0.1, 0.15) is 6.04 Å². The fourth-order valence-electron chi connectivity index (χ4n) is 1.94. The lowest BCUT2D eigenvalue weighted by molar-refractivity contribution is -0.150. The molecular formula is C12H23N3O3. The molecule has 0 saturated carbocycles. The van der Waals surface area contributed by atoms with E-state index in [1.165, 1.54) is 0 Å². The molecule has 0 radical (unpaired) electrons. The van der Waals surface area contributed by atoms with Gasteiger partial charge in [-0.3, -0.25) is 9.59 Å². The summed E-state index contributed by atoms with van der Waals surface area (Å²) in [4.78, 5) is 25.6. The summed E-state index contributed by atoms with van der Waals surface area (Å²) in [5.41, 5.74) is 5.94. The third kappa shape index (κ3) is 3.20. The molecule has 1 fully saturated rings. The van der Waals surface area contributed by atoms with Crippen molar-refractivity contribution in [3.05, 3.63) is 0 Å². The van der Waals surface area contributed by atoms with Crippen LogP contribution in [0, 0.1) is 5.92 Å². The minimum atomic E-state index is -0.564. The average Bonchev–Trinajstić information content (AvgIpc) is 2.43. The molecule has 1 aliphatic rings. The number of nitrogens with one attached hydrogen (secondary N) is 1. The van der Waals surface area contributed by atoms with Gasteiger partial charge in [0.05, 0.1) is 19.3 Å². The minimum absolute atomic E-state index is 0.102. The molecule has 6 nitrogen and oxygen atoms in total. The molecule has 0 spiro atoms. The Morgan fingerprint density at radius 3 is 2.78 bits per heavy atom. The van der Waals surface area contributed by atoms with Crippen LogP contribution in [0.15, 0.2) is 0 Å². The summed E-state index contributed by atoms with van der Waals surface area (Å²) in [5, 5.41) is 2.55. The third-order valence-electron chi connectivity index (χ3n) is 3.50. The normalized spacial score (nSPS) is 23.3. The van der Waals surface area contributed by atoms with Gasteiger partial charge in [0.15, 0.2) is 0 Å². The number of nitrogens with zero attached hydrogens (tertiary/aromatic N) is 1. The number of morpholine rings is 1. The summed E-state index contributed by atoms with van der Waals surface area (Å²) in [5.74, 6) is -0.272. The zero-order valence-corrected chi connectivity index (χ0v) is 11.3. The molecule has 0 aromatic rings. The standard InChI is InChI=1S/C12H23N3O3/c1-4-8(2)10(13)12(17)15-5-6-18-7-9(15)11(16)14-3/h8-10H,4-7,13H2,1-3H3,(H,14,16)/t8-,9?,10-/m0/s1. The molecule has 18 heavy (non-hydrogen) atoms. The Hall–Kier alpha value is -1.14. The van der Waals surface area contributed by atoms with Crippen molar-refractivity contribution in [3.63, 3.8) is 0 Å². The summed E-state index contributed by atoms with van der Waals surface area (Å²) in [6.07, 6.45) is 0.835. The van der Waals surface area contributed by atoms with Gasteiger partial charge in [-0.1, -0.05) is 20.3 Å². The van der Waals surface area contributed by atoms with Gasteiger partial charge in [-0.25, -0.2) is 0 Å². The summed E-state index contributed by atoms with van der Waals surface area (Å²) in [6.45, 7) is 5.04. The number of carbonyl (C=O) groups is 2. The molecule has 1 aliphatic heterocycles. The van der Waals surface area contributed by atoms with Crippen LogP contribution in [-0.2, 0) is 14.3 Å². The van der Waals surface area contributed by atoms with Gasteiger partial charge in [0.25, 0.3) is 0 Å². The van der Waals surface area contributed by atoms with Crippen LogP contribution in [0.25, 0.3) is 0 Å². The Balaban J connectivity index is 2.77. The molecule has 0 aromatic carbocycles. The Labute approximate surface area is 108 Å². The van der Waals surface area contributed by atoms with Crippen molar-refractivity contribution in [1.82, 2.24) is 10.2 Å². The van der Waals surface area contributed by atoms with E-state index in [0.29, 0.717) is 13.2 Å². The van der Waals surface area contributed by atoms with E-state index < -0.39 is 12.1 Å². The Kier molecular flexibility index (Phi) is 5.55. The molecule has 104 valence electrons. The molecule has 0 aliphatic carbocycles. The monoisotopic (exact) mass is 257 g/mol. The molecular weight excluding hydrogens is 234 g/mol. The van der Waals surface area contributed by atoms with Crippen LogP contribution in [0.2, 0.25) is 0 Å². The highest BCUT2D eigenvalue weighted by atomic mass is 16.5. The first-order valence-corrected chi connectivity index (χ1v) is 6.38. The highest BCUT2D eigenvalue weighted by molar-refractivity contribution is 5.90. The van der Waals surface area contributed by atoms with Gasteiger partial charge in [0, 0.05) is 13.6 Å². The SMILES string of the molecule is CC[C@H](C)[C@H](N)C(=O)N1CCOCC1C(=O)NC. The largest absolute Gasteiger partial charge is 0.377 e. The highest BCUT2D eigenvalue weighted by Gasteiger charge is 2.35. The van der Waals surface area contributed by atoms with Crippen LogP contribution in [0.3, 0.4) is 0 Å². The molecule has 1 heterocycles. The molecule has 0 bridgehead atoms. The van der Waals surface area contributed by atoms with Crippen molar-refractivity contribution in [2.24, 2.45) is 11.7 Å². The summed E-state index contributed by atoms with van der Waals surface area (Å²) in [7, 11) is 1.55. The predicted octanol–water partition coefficient (Wildman–Crippen LogP) is -0.667. The minimum Gasteiger partial charge on any atom is -0.377 e. The van der Waals surface area contributed by atoms with Crippen LogP contribution >= 0.6 is 0 Å². The van der Waals surface area contributed by atoms with Crippen LogP contribution in [0.4, 0.5) is 0 Å². The number of carbonyl (C=O) groups excluding carboxylic acids is 2. The van der Waals surface area contributed by atoms with Gasteiger partial charge in [0.2, 0.25) is 11.8 Å². The number of amides is 2. The first-order valence-electron chi connectivity index (χ1n) is 6.38. The van der Waals surface area contributed by atoms with Crippen molar-refractivity contribution in [3.8, 4) is 0 Å². The first kappa shape index (κ1) is 14.9. The molecule has 3 atom stereocenters. The van der Waals surface area contributed by atoms with Gasteiger partial charge in [-0.05, 0) is 5.92 Å². The Morgan fingerprint density at radius 1 is 1.56 bits per heavy atom. The molecule has 1 unspecified atom stereocenters. The summed E-state index contributed by atoms with van der Waals surface area (Å²) in [6, 6.07) is -1.12.